The van der Waals surface area contributed by atoms with Crippen molar-refractivity contribution in [1.29, 1.82) is 0 Å². The van der Waals surface area contributed by atoms with Crippen LogP contribution >= 0.6 is 0 Å². The number of hydrogen-bond donors (Lipinski definition) is 21. The lowest BCUT2D eigenvalue weighted by atomic mass is 9.84. The highest BCUT2D eigenvalue weighted by atomic mass is 16.8. The molecule has 0 bridgehead atoms. The van der Waals surface area contributed by atoms with E-state index in [1.165, 1.54) is 0 Å². The van der Waals surface area contributed by atoms with Crippen LogP contribution in [0.2, 0.25) is 0 Å². The summed E-state index contributed by atoms with van der Waals surface area (Å²) < 4.78 is 55.9. The summed E-state index contributed by atoms with van der Waals surface area (Å²) in [6, 6.07) is -1.69. The molecule has 0 spiro atoms. The zero-order valence-corrected chi connectivity index (χ0v) is 35.0. The Morgan fingerprint density at radius 3 is 1.12 bits per heavy atom. The van der Waals surface area contributed by atoms with Gasteiger partial charge in [-0.1, -0.05) is 0 Å². The minimum absolute atomic E-state index is 0.864. The Kier molecular flexibility index (Phi) is 19.0. The van der Waals surface area contributed by atoms with Crippen molar-refractivity contribution in [3.8, 4) is 0 Å². The van der Waals surface area contributed by atoms with Gasteiger partial charge in [0, 0.05) is 0 Å². The van der Waals surface area contributed by atoms with Gasteiger partial charge in [0.2, 0.25) is 0 Å². The predicted octanol–water partition coefficient (Wildman–Crippen LogP) is -14.7. The summed E-state index contributed by atoms with van der Waals surface area (Å²) in [6.07, 6.45) is -57.7. The minimum Gasteiger partial charge on any atom is -0.394 e. The molecular formula is C36H63NO30. The van der Waals surface area contributed by atoms with Crippen LogP contribution in [0.4, 0.5) is 0 Å². The smallest absolute Gasteiger partial charge is 0.187 e. The molecule has 31 atom stereocenters. The first-order chi connectivity index (χ1) is 31.6. The predicted molar refractivity (Wildman–Crippen MR) is 201 cm³/mol. The second-order valence-electron chi connectivity index (χ2n) is 17.1. The summed E-state index contributed by atoms with van der Waals surface area (Å²) in [7, 11) is 0. The molecule has 31 nitrogen and oxygen atoms in total. The lowest BCUT2D eigenvalue weighted by molar-refractivity contribution is -0.383. The largest absolute Gasteiger partial charge is 0.394 e. The molecule has 6 fully saturated rings. The molecule has 0 radical (unpaired) electrons. The molecule has 6 aliphatic rings. The highest BCUT2D eigenvalue weighted by Gasteiger charge is 2.58. The third kappa shape index (κ3) is 10.9. The standard InChI is InChI=1S/C36H63NO30/c37-11-15(47)27(10(5-42)61-32(11)64-30-20(52)18(50)17(49)19(51)21(30)53)63-34-23(55)28(13(45)8(3-40)59-34)65-35-24(56)29(14(46)9(4-41)60-35)66-36-25(57)31(26(62-36)6(43)1-38)67-33-22(54)16(48)12(44)7(2-39)58-33/h6-36,38-57H,1-5,37H2/t6-,7-,8-,9-,10-,11-,12+,13-,14-,15-,16+,17?,18+,19+,20-,21+,22-,23+,24+,25-,26+,27-,28+,29+,30?,31-,32-,33-,34-,35-,36+/m1/s1. The third-order valence-corrected chi connectivity index (χ3v) is 12.7. The molecule has 5 saturated heterocycles. The molecule has 0 aromatic heterocycles. The summed E-state index contributed by atoms with van der Waals surface area (Å²) in [5.41, 5.74) is 6.14. The SMILES string of the molecule is N[C@H]1[C@@H](OC2[C@@H](O)[C@@H](O)C(O)[C@H](O)[C@H]2O)O[C@H](CO)[C@@H](O[C@H]2O[C@H](CO)[C@@H](O)[C@H](O[C@H]3O[C@H](CO)[C@@H](O)[C@H](O[C@@H]4O[C@@H]([C@H](O)CO)[C@H](O[C@H]5O[C@H](CO)[C@H](O)[C@H](O)[C@H]5O)[C@H]4O)[C@@H]3O)[C@@H]2O)[C@@H]1O. The Bertz CT molecular complexity index is 1510. The van der Waals surface area contributed by atoms with Crippen LogP contribution in [0.3, 0.4) is 0 Å². The molecule has 0 aromatic carbocycles. The van der Waals surface area contributed by atoms with Crippen molar-refractivity contribution in [3.05, 3.63) is 0 Å². The van der Waals surface area contributed by atoms with Crippen LogP contribution in [0.25, 0.3) is 0 Å². The molecule has 1 aliphatic carbocycles. The van der Waals surface area contributed by atoms with Crippen LogP contribution in [-0.4, -0.2) is 325 Å². The van der Waals surface area contributed by atoms with E-state index in [0.717, 1.165) is 0 Å². The van der Waals surface area contributed by atoms with Crippen LogP contribution in [0.15, 0.2) is 0 Å². The van der Waals surface area contributed by atoms with Gasteiger partial charge in [-0.05, 0) is 0 Å². The van der Waals surface area contributed by atoms with E-state index >= 15 is 0 Å². The molecular weight excluding hydrogens is 926 g/mol. The minimum atomic E-state index is -2.22. The fraction of sp³-hybridized carbons (Fsp3) is 1.00. The number of aliphatic hydroxyl groups is 20. The van der Waals surface area contributed by atoms with E-state index < -0.39 is 223 Å². The summed E-state index contributed by atoms with van der Waals surface area (Å²) in [6.45, 7) is -4.89. The molecule has 392 valence electrons. The summed E-state index contributed by atoms with van der Waals surface area (Å²) in [4.78, 5) is 0. The van der Waals surface area contributed by atoms with Gasteiger partial charge in [0.1, 0.15) is 153 Å². The van der Waals surface area contributed by atoms with Gasteiger partial charge in [0.25, 0.3) is 0 Å². The fourth-order valence-corrected chi connectivity index (χ4v) is 8.69. The molecule has 0 aromatic rings. The molecule has 6 rings (SSSR count). The number of rotatable bonds is 16. The van der Waals surface area contributed by atoms with Crippen molar-refractivity contribution in [2.24, 2.45) is 5.73 Å². The molecule has 2 unspecified atom stereocenters. The summed E-state index contributed by atoms with van der Waals surface area (Å²) in [5.74, 6) is 0. The highest BCUT2D eigenvalue weighted by Crippen LogP contribution is 2.37. The van der Waals surface area contributed by atoms with Crippen LogP contribution in [0.1, 0.15) is 0 Å². The van der Waals surface area contributed by atoms with Crippen molar-refractivity contribution >= 4 is 0 Å². The first kappa shape index (κ1) is 55.1. The normalized spacial score (nSPS) is 53.7. The lowest BCUT2D eigenvalue weighted by Crippen LogP contribution is -2.69. The Balaban J connectivity index is 1.16. The number of ether oxygens (including phenoxy) is 10. The van der Waals surface area contributed by atoms with Crippen molar-refractivity contribution in [1.82, 2.24) is 0 Å². The monoisotopic (exact) mass is 989 g/mol. The average molecular weight is 990 g/mol. The van der Waals surface area contributed by atoms with Crippen molar-refractivity contribution in [2.45, 2.75) is 190 Å². The van der Waals surface area contributed by atoms with Gasteiger partial charge in [-0.15, -0.1) is 0 Å². The fourth-order valence-electron chi connectivity index (χ4n) is 8.69. The number of nitrogens with two attached hydrogens (primary N) is 1. The molecule has 0 amide bonds. The van der Waals surface area contributed by atoms with E-state index in [1.54, 1.807) is 0 Å². The maximum Gasteiger partial charge on any atom is 0.187 e. The van der Waals surface area contributed by atoms with E-state index in [-0.39, 0.29) is 0 Å². The zero-order chi connectivity index (χ0) is 49.5. The van der Waals surface area contributed by atoms with Gasteiger partial charge in [-0.2, -0.15) is 0 Å². The Morgan fingerprint density at radius 2 is 0.657 bits per heavy atom. The van der Waals surface area contributed by atoms with E-state index in [0.29, 0.717) is 0 Å². The van der Waals surface area contributed by atoms with Gasteiger partial charge in [0.05, 0.1) is 39.1 Å². The van der Waals surface area contributed by atoms with Crippen molar-refractivity contribution < 1.29 is 149 Å². The number of hydrogen-bond acceptors (Lipinski definition) is 31. The molecule has 1 saturated carbocycles. The quantitative estimate of drug-likeness (QED) is 0.0683. The lowest BCUT2D eigenvalue weighted by Gasteiger charge is -2.49. The Labute approximate surface area is 378 Å². The average Bonchev–Trinajstić information content (AvgIpc) is 3.62. The highest BCUT2D eigenvalue weighted by molar-refractivity contribution is 5.03. The maximum absolute atomic E-state index is 11.5. The van der Waals surface area contributed by atoms with Crippen molar-refractivity contribution in [2.75, 3.05) is 33.0 Å². The zero-order valence-electron chi connectivity index (χ0n) is 35.0. The van der Waals surface area contributed by atoms with E-state index in [1.807, 2.05) is 0 Å². The van der Waals surface area contributed by atoms with Crippen LogP contribution < -0.4 is 5.73 Å². The van der Waals surface area contributed by atoms with Gasteiger partial charge < -0.3 is 155 Å². The van der Waals surface area contributed by atoms with Gasteiger partial charge in [-0.3, -0.25) is 0 Å². The number of aliphatic hydroxyl groups excluding tert-OH is 20. The van der Waals surface area contributed by atoms with E-state index in [2.05, 4.69) is 0 Å². The second kappa shape index (κ2) is 23.1. The third-order valence-electron chi connectivity index (χ3n) is 12.7. The molecule has 5 heterocycles. The molecule has 22 N–H and O–H groups in total. The topological polar surface area (TPSA) is 523 Å². The molecule has 5 aliphatic heterocycles. The maximum atomic E-state index is 11.5. The van der Waals surface area contributed by atoms with Gasteiger partial charge >= 0.3 is 0 Å². The van der Waals surface area contributed by atoms with Crippen LogP contribution in [0, 0.1) is 0 Å². The van der Waals surface area contributed by atoms with Crippen molar-refractivity contribution in [3.63, 3.8) is 0 Å². The van der Waals surface area contributed by atoms with E-state index in [9.17, 15) is 102 Å². The first-order valence-corrected chi connectivity index (χ1v) is 21.2. The summed E-state index contributed by atoms with van der Waals surface area (Å²) in [5, 5.41) is 210. The molecule has 31 heteroatoms. The first-order valence-electron chi connectivity index (χ1n) is 21.2. The molecule has 67 heavy (non-hydrogen) atoms. The second-order valence-corrected chi connectivity index (χ2v) is 17.1. The van der Waals surface area contributed by atoms with Gasteiger partial charge in [-0.25, -0.2) is 0 Å². The van der Waals surface area contributed by atoms with Crippen LogP contribution in [-0.2, 0) is 47.4 Å². The Morgan fingerprint density at radius 1 is 0.328 bits per heavy atom. The summed E-state index contributed by atoms with van der Waals surface area (Å²) >= 11 is 0. The van der Waals surface area contributed by atoms with Gasteiger partial charge in [0.15, 0.2) is 31.5 Å². The van der Waals surface area contributed by atoms with E-state index in [4.69, 9.17) is 53.1 Å². The Hall–Kier alpha value is -1.24. The van der Waals surface area contributed by atoms with Crippen LogP contribution in [0.5, 0.6) is 0 Å².